The quantitative estimate of drug-likeness (QED) is 0.522. The third-order valence-electron chi connectivity index (χ3n) is 6.53. The monoisotopic (exact) mass is 466 g/mol. The smallest absolute Gasteiger partial charge is 0.408 e. The molecule has 0 bridgehead atoms. The molecule has 8 nitrogen and oxygen atoms in total. The molecule has 3 N–H and O–H groups in total. The van der Waals surface area contributed by atoms with Crippen molar-refractivity contribution in [2.75, 3.05) is 19.8 Å². The Kier molecular flexibility index (Phi) is 7.17. The van der Waals surface area contributed by atoms with Crippen LogP contribution in [0.1, 0.15) is 49.7 Å². The summed E-state index contributed by atoms with van der Waals surface area (Å²) in [6, 6.07) is 15.6. The lowest BCUT2D eigenvalue weighted by Crippen LogP contribution is -2.61. The van der Waals surface area contributed by atoms with Crippen molar-refractivity contribution < 1.29 is 29.0 Å². The Balaban J connectivity index is 1.43. The average Bonchev–Trinajstić information content (AvgIpc) is 3.41. The van der Waals surface area contributed by atoms with Gasteiger partial charge in [0.1, 0.15) is 12.1 Å². The second kappa shape index (κ2) is 10.3. The lowest BCUT2D eigenvalue weighted by molar-refractivity contribution is -0.138. The van der Waals surface area contributed by atoms with Crippen LogP contribution in [0.2, 0.25) is 0 Å². The van der Waals surface area contributed by atoms with E-state index in [1.165, 1.54) is 0 Å². The van der Waals surface area contributed by atoms with Gasteiger partial charge in [-0.1, -0.05) is 61.9 Å². The second-order valence-corrected chi connectivity index (χ2v) is 8.89. The molecule has 180 valence electrons. The van der Waals surface area contributed by atoms with E-state index in [4.69, 9.17) is 14.6 Å². The number of aliphatic carboxylic acids is 1. The predicted molar refractivity (Wildman–Crippen MR) is 125 cm³/mol. The van der Waals surface area contributed by atoms with E-state index in [1.807, 2.05) is 43.3 Å². The number of nitrogens with one attached hydrogen (secondary N) is 2. The number of fused-ring (bicyclic) bond motifs is 3. The maximum Gasteiger partial charge on any atom is 0.408 e. The highest BCUT2D eigenvalue weighted by Gasteiger charge is 2.45. The van der Waals surface area contributed by atoms with Crippen LogP contribution in [0, 0.1) is 0 Å². The number of rotatable bonds is 9. The van der Waals surface area contributed by atoms with Crippen LogP contribution in [0.4, 0.5) is 4.79 Å². The Labute approximate surface area is 198 Å². The first-order chi connectivity index (χ1) is 16.4. The molecule has 1 aliphatic carbocycles. The van der Waals surface area contributed by atoms with Crippen LogP contribution >= 0.6 is 0 Å². The van der Waals surface area contributed by atoms with Crippen LogP contribution in [0.25, 0.3) is 11.1 Å². The van der Waals surface area contributed by atoms with Gasteiger partial charge in [-0.15, -0.1) is 0 Å². The summed E-state index contributed by atoms with van der Waals surface area (Å²) in [6.45, 7) is 2.38. The van der Waals surface area contributed by atoms with Gasteiger partial charge in [-0.05, 0) is 28.7 Å². The molecule has 0 radical (unpaired) electrons. The molecule has 34 heavy (non-hydrogen) atoms. The zero-order valence-corrected chi connectivity index (χ0v) is 19.2. The van der Waals surface area contributed by atoms with Crippen LogP contribution in [0.15, 0.2) is 48.5 Å². The van der Waals surface area contributed by atoms with Crippen LogP contribution in [-0.4, -0.2) is 54.5 Å². The number of carbonyl (C=O) groups excluding carboxylic acids is 2. The highest BCUT2D eigenvalue weighted by molar-refractivity contribution is 5.91. The van der Waals surface area contributed by atoms with Crippen LogP contribution in [0.5, 0.6) is 0 Å². The van der Waals surface area contributed by atoms with E-state index in [1.54, 1.807) is 0 Å². The maximum absolute atomic E-state index is 13.1. The Morgan fingerprint density at radius 3 is 2.32 bits per heavy atom. The number of carboxylic acid groups (broad SMARTS) is 1. The van der Waals surface area contributed by atoms with Crippen LogP contribution < -0.4 is 10.6 Å². The lowest BCUT2D eigenvalue weighted by Gasteiger charge is -2.29. The SMILES string of the molecule is CCC[C@H](CC(=O)O)NC(=O)C1(NC(=O)OCC2c3ccccc3-c3ccccc32)CCOC1. The van der Waals surface area contributed by atoms with Crippen LogP contribution in [-0.2, 0) is 19.1 Å². The molecule has 1 unspecified atom stereocenters. The minimum Gasteiger partial charge on any atom is -0.481 e. The van der Waals surface area contributed by atoms with Gasteiger partial charge in [-0.25, -0.2) is 4.79 Å². The van der Waals surface area contributed by atoms with Gasteiger partial charge in [0, 0.05) is 25.0 Å². The second-order valence-electron chi connectivity index (χ2n) is 8.89. The van der Waals surface area contributed by atoms with Gasteiger partial charge >= 0.3 is 12.1 Å². The molecule has 1 fully saturated rings. The summed E-state index contributed by atoms with van der Waals surface area (Å²) < 4.78 is 11.0. The molecule has 2 aromatic carbocycles. The number of carbonyl (C=O) groups is 3. The minimum atomic E-state index is -1.28. The van der Waals surface area contributed by atoms with Gasteiger partial charge in [0.05, 0.1) is 13.0 Å². The van der Waals surface area contributed by atoms with Gasteiger partial charge in [-0.3, -0.25) is 9.59 Å². The van der Waals surface area contributed by atoms with Crippen molar-refractivity contribution in [3.8, 4) is 11.1 Å². The summed E-state index contributed by atoms with van der Waals surface area (Å²) in [5, 5.41) is 14.7. The normalized spacial score (nSPS) is 19.7. The number of carboxylic acids is 1. The van der Waals surface area contributed by atoms with Crippen molar-refractivity contribution in [2.45, 2.75) is 50.1 Å². The number of benzene rings is 2. The first-order valence-corrected chi connectivity index (χ1v) is 11.7. The third kappa shape index (κ3) is 4.92. The summed E-state index contributed by atoms with van der Waals surface area (Å²) in [4.78, 5) is 37.1. The Morgan fingerprint density at radius 2 is 1.76 bits per heavy atom. The molecule has 0 aromatic heterocycles. The van der Waals surface area contributed by atoms with Crippen molar-refractivity contribution >= 4 is 18.0 Å². The maximum atomic E-state index is 13.1. The molecule has 1 saturated heterocycles. The topological polar surface area (TPSA) is 114 Å². The van der Waals surface area contributed by atoms with E-state index in [2.05, 4.69) is 22.8 Å². The van der Waals surface area contributed by atoms with Gasteiger partial charge in [0.2, 0.25) is 5.91 Å². The molecular formula is C26H30N2O6. The molecule has 4 rings (SSSR count). The molecule has 2 aliphatic rings. The minimum absolute atomic E-state index is 0.00887. The molecule has 1 aliphatic heterocycles. The van der Waals surface area contributed by atoms with Crippen LogP contribution in [0.3, 0.4) is 0 Å². The van der Waals surface area contributed by atoms with E-state index in [0.717, 1.165) is 28.7 Å². The highest BCUT2D eigenvalue weighted by atomic mass is 16.6. The van der Waals surface area contributed by atoms with Gasteiger partial charge in [0.25, 0.3) is 0 Å². The van der Waals surface area contributed by atoms with Crippen molar-refractivity contribution in [3.63, 3.8) is 0 Å². The predicted octanol–water partition coefficient (Wildman–Crippen LogP) is 3.44. The number of amides is 2. The number of alkyl carbamates (subject to hydrolysis) is 1. The standard InChI is InChI=1S/C26H30N2O6/c1-2-7-17(14-23(29)30)27-24(31)26(12-13-33-16-26)28-25(32)34-15-22-20-10-5-3-8-18(20)19-9-4-6-11-21(19)22/h3-6,8-11,17,22H,2,7,12-16H2,1H3,(H,27,31)(H,28,32)(H,29,30)/t17-,26?/m1/s1. The van der Waals surface area contributed by atoms with Crippen molar-refractivity contribution in [3.05, 3.63) is 59.7 Å². The molecule has 0 spiro atoms. The van der Waals surface area contributed by atoms with E-state index in [0.29, 0.717) is 13.0 Å². The summed E-state index contributed by atoms with van der Waals surface area (Å²) >= 11 is 0. The summed E-state index contributed by atoms with van der Waals surface area (Å²) in [7, 11) is 0. The lowest BCUT2D eigenvalue weighted by atomic mass is 9.96. The molecule has 2 amide bonds. The third-order valence-corrected chi connectivity index (χ3v) is 6.53. The number of hydrogen-bond acceptors (Lipinski definition) is 5. The van der Waals surface area contributed by atoms with E-state index in [-0.39, 0.29) is 32.0 Å². The largest absolute Gasteiger partial charge is 0.481 e. The zero-order valence-electron chi connectivity index (χ0n) is 19.2. The summed E-state index contributed by atoms with van der Waals surface area (Å²) in [6.07, 6.45) is 0.658. The molecular weight excluding hydrogens is 436 g/mol. The summed E-state index contributed by atoms with van der Waals surface area (Å²) in [5.74, 6) is -1.52. The molecule has 2 atom stereocenters. The fourth-order valence-electron chi connectivity index (χ4n) is 4.84. The first kappa shape index (κ1) is 23.8. The molecule has 8 heteroatoms. The van der Waals surface area contributed by atoms with E-state index in [9.17, 15) is 14.4 Å². The first-order valence-electron chi connectivity index (χ1n) is 11.7. The van der Waals surface area contributed by atoms with E-state index < -0.39 is 29.6 Å². The molecule has 1 heterocycles. The van der Waals surface area contributed by atoms with Gasteiger partial charge in [-0.2, -0.15) is 0 Å². The highest BCUT2D eigenvalue weighted by Crippen LogP contribution is 2.44. The fourth-order valence-corrected chi connectivity index (χ4v) is 4.84. The van der Waals surface area contributed by atoms with Crippen molar-refractivity contribution in [1.82, 2.24) is 10.6 Å². The average molecular weight is 467 g/mol. The molecule has 0 saturated carbocycles. The fraction of sp³-hybridized carbons (Fsp3) is 0.423. The summed E-state index contributed by atoms with van der Waals surface area (Å²) in [5.41, 5.74) is 3.18. The van der Waals surface area contributed by atoms with Gasteiger partial charge < -0.3 is 25.2 Å². The molecule has 2 aromatic rings. The number of hydrogen-bond donors (Lipinski definition) is 3. The Morgan fingerprint density at radius 1 is 1.12 bits per heavy atom. The van der Waals surface area contributed by atoms with Gasteiger partial charge in [0.15, 0.2) is 0 Å². The van der Waals surface area contributed by atoms with Crippen molar-refractivity contribution in [2.24, 2.45) is 0 Å². The number of ether oxygens (including phenoxy) is 2. The zero-order chi connectivity index (χ0) is 24.1. The van der Waals surface area contributed by atoms with Crippen molar-refractivity contribution in [1.29, 1.82) is 0 Å². The van der Waals surface area contributed by atoms with E-state index >= 15 is 0 Å². The Hall–Kier alpha value is -3.39. The Bertz CT molecular complexity index is 1020.